The van der Waals surface area contributed by atoms with Gasteiger partial charge in [0.15, 0.2) is 5.75 Å². The molecule has 0 radical (unpaired) electrons. The number of hydrogen-bond donors (Lipinski definition) is 0. The number of carbonyl (C=O) groups excluding carboxylic acids is 1. The fourth-order valence-corrected chi connectivity index (χ4v) is 1.89. The van der Waals surface area contributed by atoms with Crippen molar-refractivity contribution in [1.29, 1.82) is 0 Å². The minimum Gasteiger partial charge on any atom is -0.424 e. The molecule has 0 aliphatic rings. The van der Waals surface area contributed by atoms with E-state index in [1.165, 1.54) is 24.4 Å². The Kier molecular flexibility index (Phi) is 4.58. The first kappa shape index (κ1) is 15.4. The molecule has 1 aromatic heterocycles. The third-order valence-electron chi connectivity index (χ3n) is 2.95. The second-order valence-electron chi connectivity index (χ2n) is 5.04. The summed E-state index contributed by atoms with van der Waals surface area (Å²) < 4.78 is 19.0. The number of ether oxygens (including phenoxy) is 1. The van der Waals surface area contributed by atoms with Crippen LogP contribution in [0, 0.1) is 18.7 Å². The lowest BCUT2D eigenvalue weighted by Crippen LogP contribution is -2.15. The Morgan fingerprint density at radius 3 is 2.67 bits per heavy atom. The molecular weight excluding hydrogens is 293 g/mol. The van der Waals surface area contributed by atoms with Gasteiger partial charge >= 0.3 is 5.97 Å². The Bertz CT molecular complexity index is 686. The van der Waals surface area contributed by atoms with Crippen molar-refractivity contribution in [1.82, 2.24) is 4.98 Å². The largest absolute Gasteiger partial charge is 0.424 e. The molecule has 0 fully saturated rings. The second kappa shape index (κ2) is 6.22. The van der Waals surface area contributed by atoms with Crippen molar-refractivity contribution in [2.24, 2.45) is 5.92 Å². The molecule has 0 N–H and O–H groups in total. The number of benzene rings is 1. The SMILES string of the molecule is Cc1cc(-c2cc(Cl)ccc2F)ncc1OC(=O)C(C)C. The highest BCUT2D eigenvalue weighted by Crippen LogP contribution is 2.28. The lowest BCUT2D eigenvalue weighted by atomic mass is 10.1. The van der Waals surface area contributed by atoms with E-state index >= 15 is 0 Å². The molecular formula is C16H15ClFNO2. The average molecular weight is 308 g/mol. The van der Waals surface area contributed by atoms with Gasteiger partial charge in [-0.1, -0.05) is 25.4 Å². The average Bonchev–Trinajstić information content (AvgIpc) is 2.43. The van der Waals surface area contributed by atoms with E-state index < -0.39 is 5.82 Å². The Balaban J connectivity index is 2.35. The number of pyridine rings is 1. The van der Waals surface area contributed by atoms with Crippen LogP contribution in [0.1, 0.15) is 19.4 Å². The number of aromatic nitrogens is 1. The van der Waals surface area contributed by atoms with E-state index in [0.717, 1.165) is 0 Å². The standard InChI is InChI=1S/C16H15ClFNO2/c1-9(2)16(20)21-15-8-19-14(6-10(15)3)12-7-11(17)4-5-13(12)18/h4-9H,1-3H3. The minimum atomic E-state index is -0.404. The number of halogens is 2. The van der Waals surface area contributed by atoms with Crippen molar-refractivity contribution in [3.63, 3.8) is 0 Å². The molecule has 0 unspecified atom stereocenters. The molecule has 0 atom stereocenters. The van der Waals surface area contributed by atoms with Crippen molar-refractivity contribution in [3.8, 4) is 17.0 Å². The normalized spacial score (nSPS) is 10.8. The van der Waals surface area contributed by atoms with Gasteiger partial charge in [-0.05, 0) is 36.8 Å². The maximum absolute atomic E-state index is 13.8. The lowest BCUT2D eigenvalue weighted by Gasteiger charge is -2.10. The number of carbonyl (C=O) groups is 1. The fourth-order valence-electron chi connectivity index (χ4n) is 1.72. The molecule has 0 saturated heterocycles. The quantitative estimate of drug-likeness (QED) is 0.788. The summed E-state index contributed by atoms with van der Waals surface area (Å²) in [7, 11) is 0. The number of esters is 1. The molecule has 0 aliphatic heterocycles. The summed E-state index contributed by atoms with van der Waals surface area (Å²) in [6.07, 6.45) is 1.42. The van der Waals surface area contributed by atoms with Crippen LogP contribution in [0.4, 0.5) is 4.39 Å². The summed E-state index contributed by atoms with van der Waals surface area (Å²) in [5, 5.41) is 0.432. The Morgan fingerprint density at radius 1 is 1.33 bits per heavy atom. The Hall–Kier alpha value is -1.94. The monoisotopic (exact) mass is 307 g/mol. The van der Waals surface area contributed by atoms with Gasteiger partial charge in [0.2, 0.25) is 0 Å². The number of rotatable bonds is 3. The number of hydrogen-bond acceptors (Lipinski definition) is 3. The molecule has 1 heterocycles. The molecule has 5 heteroatoms. The van der Waals surface area contributed by atoms with Gasteiger partial charge in [-0.25, -0.2) is 4.39 Å². The molecule has 21 heavy (non-hydrogen) atoms. The van der Waals surface area contributed by atoms with Gasteiger partial charge < -0.3 is 4.74 Å². The van der Waals surface area contributed by atoms with E-state index in [0.29, 0.717) is 27.6 Å². The number of nitrogens with zero attached hydrogens (tertiary/aromatic N) is 1. The van der Waals surface area contributed by atoms with E-state index in [4.69, 9.17) is 16.3 Å². The lowest BCUT2D eigenvalue weighted by molar-refractivity contribution is -0.137. The van der Waals surface area contributed by atoms with Gasteiger partial charge in [-0.3, -0.25) is 9.78 Å². The summed E-state index contributed by atoms with van der Waals surface area (Å²) in [5.74, 6) is -0.589. The molecule has 0 amide bonds. The van der Waals surface area contributed by atoms with Crippen LogP contribution in [0.3, 0.4) is 0 Å². The van der Waals surface area contributed by atoms with Crippen LogP contribution in [-0.2, 0) is 4.79 Å². The maximum atomic E-state index is 13.8. The Morgan fingerprint density at radius 2 is 2.05 bits per heavy atom. The van der Waals surface area contributed by atoms with Crippen molar-refractivity contribution in [3.05, 3.63) is 46.9 Å². The third-order valence-corrected chi connectivity index (χ3v) is 3.18. The van der Waals surface area contributed by atoms with Gasteiger partial charge in [0.25, 0.3) is 0 Å². The summed E-state index contributed by atoms with van der Waals surface area (Å²) in [4.78, 5) is 15.7. The molecule has 2 aromatic rings. The van der Waals surface area contributed by atoms with Crippen molar-refractivity contribution < 1.29 is 13.9 Å². The summed E-state index contributed by atoms with van der Waals surface area (Å²) in [5.41, 5.74) is 1.46. The first-order chi connectivity index (χ1) is 9.88. The molecule has 0 aliphatic carbocycles. The smallest absolute Gasteiger partial charge is 0.313 e. The molecule has 0 bridgehead atoms. The molecule has 0 spiro atoms. The van der Waals surface area contributed by atoms with Crippen LogP contribution in [0.5, 0.6) is 5.75 Å². The highest BCUT2D eigenvalue weighted by molar-refractivity contribution is 6.30. The zero-order valence-corrected chi connectivity index (χ0v) is 12.7. The van der Waals surface area contributed by atoms with Gasteiger partial charge in [0.05, 0.1) is 17.8 Å². The highest BCUT2D eigenvalue weighted by atomic mass is 35.5. The summed E-state index contributed by atoms with van der Waals surface area (Å²) in [6, 6.07) is 5.95. The van der Waals surface area contributed by atoms with Crippen LogP contribution in [0.15, 0.2) is 30.5 Å². The van der Waals surface area contributed by atoms with Crippen molar-refractivity contribution in [2.75, 3.05) is 0 Å². The maximum Gasteiger partial charge on any atom is 0.313 e. The van der Waals surface area contributed by atoms with Gasteiger partial charge in [-0.2, -0.15) is 0 Å². The predicted molar refractivity (Wildman–Crippen MR) is 79.9 cm³/mol. The second-order valence-corrected chi connectivity index (χ2v) is 5.47. The van der Waals surface area contributed by atoms with Gasteiger partial charge in [0, 0.05) is 10.6 Å². The fraction of sp³-hybridized carbons (Fsp3) is 0.250. The predicted octanol–water partition coefficient (Wildman–Crippen LogP) is 4.41. The van der Waals surface area contributed by atoms with E-state index in [9.17, 15) is 9.18 Å². The first-order valence-corrected chi connectivity index (χ1v) is 6.90. The third kappa shape index (κ3) is 3.58. The molecule has 2 rings (SSSR count). The first-order valence-electron chi connectivity index (χ1n) is 6.52. The van der Waals surface area contributed by atoms with E-state index in [1.54, 1.807) is 26.8 Å². The number of aryl methyl sites for hydroxylation is 1. The molecule has 1 aromatic carbocycles. The van der Waals surface area contributed by atoms with Crippen LogP contribution in [-0.4, -0.2) is 11.0 Å². The molecule has 3 nitrogen and oxygen atoms in total. The minimum absolute atomic E-state index is 0.227. The van der Waals surface area contributed by atoms with Crippen LogP contribution < -0.4 is 4.74 Å². The summed E-state index contributed by atoms with van der Waals surface area (Å²) >= 11 is 5.88. The van der Waals surface area contributed by atoms with Crippen LogP contribution in [0.25, 0.3) is 11.3 Å². The van der Waals surface area contributed by atoms with Gasteiger partial charge in [0.1, 0.15) is 5.82 Å². The van der Waals surface area contributed by atoms with Crippen molar-refractivity contribution >= 4 is 17.6 Å². The topological polar surface area (TPSA) is 39.2 Å². The van der Waals surface area contributed by atoms with Crippen LogP contribution >= 0.6 is 11.6 Å². The van der Waals surface area contributed by atoms with Crippen molar-refractivity contribution in [2.45, 2.75) is 20.8 Å². The summed E-state index contributed by atoms with van der Waals surface area (Å²) in [6.45, 7) is 5.28. The van der Waals surface area contributed by atoms with E-state index in [1.807, 2.05) is 0 Å². The van der Waals surface area contributed by atoms with E-state index in [-0.39, 0.29) is 11.9 Å². The zero-order chi connectivity index (χ0) is 15.6. The van der Waals surface area contributed by atoms with Crippen LogP contribution in [0.2, 0.25) is 5.02 Å². The zero-order valence-electron chi connectivity index (χ0n) is 12.0. The van der Waals surface area contributed by atoms with Gasteiger partial charge in [-0.15, -0.1) is 0 Å². The molecule has 0 saturated carbocycles. The Labute approximate surface area is 127 Å². The van der Waals surface area contributed by atoms with E-state index in [2.05, 4.69) is 4.98 Å². The highest BCUT2D eigenvalue weighted by Gasteiger charge is 2.14. The molecule has 110 valence electrons.